The normalized spacial score (nSPS) is 14.9. The van der Waals surface area contributed by atoms with Crippen molar-refractivity contribution in [3.05, 3.63) is 0 Å². The van der Waals surface area contributed by atoms with Crippen LogP contribution in [0.1, 0.15) is 13.3 Å². The molecule has 0 aromatic rings. The van der Waals surface area contributed by atoms with E-state index in [2.05, 4.69) is 0 Å². The van der Waals surface area contributed by atoms with Crippen LogP contribution in [-0.2, 0) is 4.79 Å². The molecule has 0 aliphatic carbocycles. The van der Waals surface area contributed by atoms with Crippen molar-refractivity contribution < 1.29 is 33.0 Å². The van der Waals surface area contributed by atoms with Crippen molar-refractivity contribution in [2.45, 2.75) is 31.7 Å². The molecule has 100 valence electrons. The predicted molar refractivity (Wildman–Crippen MR) is 50.3 cm³/mol. The van der Waals surface area contributed by atoms with E-state index in [1.807, 2.05) is 10.6 Å². The molecule has 0 heterocycles. The molecule has 0 aromatic heterocycles. The zero-order chi connectivity index (χ0) is 13.6. The molecule has 0 saturated carbocycles. The van der Waals surface area contributed by atoms with Crippen LogP contribution in [0, 0.1) is 0 Å². The number of hydrogen-bond donors (Lipinski definition) is 4. The van der Waals surface area contributed by atoms with Gasteiger partial charge in [0.15, 0.2) is 6.04 Å². The lowest BCUT2D eigenvalue weighted by molar-refractivity contribution is -0.142. The monoisotopic (exact) mass is 258 g/mol. The van der Waals surface area contributed by atoms with E-state index in [-0.39, 0.29) is 0 Å². The number of amides is 2. The van der Waals surface area contributed by atoms with Crippen LogP contribution >= 0.6 is 0 Å². The molecule has 2 amide bonds. The molecule has 2 atom stereocenters. The van der Waals surface area contributed by atoms with Crippen LogP contribution in [0.2, 0.25) is 0 Å². The Bertz CT molecular complexity index is 280. The average Bonchev–Trinajstić information content (AvgIpc) is 2.10. The standard InChI is InChI=1S/C8H13F3N2O4/c1-4(14)5(6(15)16)13-7(17)12-3-2-8(9,10)11/h4-5,14H,2-3H2,1H3,(H,15,16)(H2,12,13,17). The van der Waals surface area contributed by atoms with E-state index in [1.165, 1.54) is 0 Å². The number of aliphatic hydroxyl groups is 1. The maximum atomic E-state index is 11.7. The van der Waals surface area contributed by atoms with Crippen LogP contribution in [0.25, 0.3) is 0 Å². The number of aliphatic carboxylic acids is 1. The Kier molecular flexibility index (Phi) is 5.72. The Labute approximate surface area is 94.8 Å². The second-order valence-electron chi connectivity index (χ2n) is 3.32. The second kappa shape index (κ2) is 6.28. The maximum Gasteiger partial charge on any atom is 0.390 e. The number of nitrogens with one attached hydrogen (secondary N) is 2. The Hall–Kier alpha value is -1.51. The number of alkyl halides is 3. The van der Waals surface area contributed by atoms with Crippen LogP contribution in [-0.4, -0.2) is 47.1 Å². The van der Waals surface area contributed by atoms with E-state index in [9.17, 15) is 22.8 Å². The van der Waals surface area contributed by atoms with Gasteiger partial charge in [-0.2, -0.15) is 13.2 Å². The van der Waals surface area contributed by atoms with E-state index in [1.54, 1.807) is 0 Å². The molecule has 0 saturated heterocycles. The summed E-state index contributed by atoms with van der Waals surface area (Å²) in [6.45, 7) is 0.469. The van der Waals surface area contributed by atoms with Crippen molar-refractivity contribution in [2.24, 2.45) is 0 Å². The van der Waals surface area contributed by atoms with Gasteiger partial charge in [-0.05, 0) is 6.92 Å². The largest absolute Gasteiger partial charge is 0.480 e. The van der Waals surface area contributed by atoms with E-state index in [4.69, 9.17) is 10.2 Å². The Morgan fingerprint density at radius 1 is 1.35 bits per heavy atom. The van der Waals surface area contributed by atoms with E-state index < -0.39 is 43.3 Å². The topological polar surface area (TPSA) is 98.7 Å². The minimum atomic E-state index is -4.40. The summed E-state index contributed by atoms with van der Waals surface area (Å²) in [5, 5.41) is 21.2. The van der Waals surface area contributed by atoms with Gasteiger partial charge in [-0.1, -0.05) is 0 Å². The van der Waals surface area contributed by atoms with Gasteiger partial charge in [0.25, 0.3) is 0 Å². The van der Waals surface area contributed by atoms with Crippen molar-refractivity contribution in [1.82, 2.24) is 10.6 Å². The number of hydrogen-bond acceptors (Lipinski definition) is 3. The quantitative estimate of drug-likeness (QED) is 0.561. The van der Waals surface area contributed by atoms with Crippen LogP contribution in [0.5, 0.6) is 0 Å². The fourth-order valence-corrected chi connectivity index (χ4v) is 0.899. The van der Waals surface area contributed by atoms with Crippen molar-refractivity contribution in [3.8, 4) is 0 Å². The number of carbonyl (C=O) groups excluding carboxylic acids is 1. The summed E-state index contributed by atoms with van der Waals surface area (Å²) in [6.07, 6.45) is -6.97. The molecule has 0 aromatic carbocycles. The third-order valence-electron chi connectivity index (χ3n) is 1.73. The van der Waals surface area contributed by atoms with Crippen molar-refractivity contribution >= 4 is 12.0 Å². The molecule has 0 bridgehead atoms. The smallest absolute Gasteiger partial charge is 0.390 e. The van der Waals surface area contributed by atoms with Gasteiger partial charge < -0.3 is 20.8 Å². The van der Waals surface area contributed by atoms with Gasteiger partial charge in [-0.3, -0.25) is 0 Å². The average molecular weight is 258 g/mol. The number of carboxylic acid groups (broad SMARTS) is 1. The zero-order valence-electron chi connectivity index (χ0n) is 8.91. The zero-order valence-corrected chi connectivity index (χ0v) is 8.91. The maximum absolute atomic E-state index is 11.7. The number of halogens is 3. The molecule has 17 heavy (non-hydrogen) atoms. The van der Waals surface area contributed by atoms with Gasteiger partial charge in [0.2, 0.25) is 0 Å². The summed E-state index contributed by atoms with van der Waals surface area (Å²) >= 11 is 0. The van der Waals surface area contributed by atoms with Gasteiger partial charge in [-0.15, -0.1) is 0 Å². The van der Waals surface area contributed by atoms with E-state index in [0.717, 1.165) is 6.92 Å². The molecule has 6 nitrogen and oxygen atoms in total. The lowest BCUT2D eigenvalue weighted by atomic mass is 10.2. The third kappa shape index (κ3) is 7.39. The summed E-state index contributed by atoms with van der Waals surface area (Å²) < 4.78 is 35.2. The molecule has 2 unspecified atom stereocenters. The molecular formula is C8H13F3N2O4. The number of urea groups is 1. The fraction of sp³-hybridized carbons (Fsp3) is 0.750. The second-order valence-corrected chi connectivity index (χ2v) is 3.32. The number of carboxylic acids is 1. The first-order valence-electron chi connectivity index (χ1n) is 4.65. The number of aliphatic hydroxyl groups excluding tert-OH is 1. The van der Waals surface area contributed by atoms with Gasteiger partial charge in [0.05, 0.1) is 12.5 Å². The molecular weight excluding hydrogens is 245 g/mol. The lowest BCUT2D eigenvalue weighted by Crippen LogP contribution is -2.51. The molecule has 0 rings (SSSR count). The van der Waals surface area contributed by atoms with Crippen molar-refractivity contribution in [1.29, 1.82) is 0 Å². The van der Waals surface area contributed by atoms with E-state index >= 15 is 0 Å². The summed E-state index contributed by atoms with van der Waals surface area (Å²) in [4.78, 5) is 21.5. The molecule has 0 radical (unpaired) electrons. The summed E-state index contributed by atoms with van der Waals surface area (Å²) in [5.74, 6) is -1.48. The first-order valence-corrected chi connectivity index (χ1v) is 4.65. The van der Waals surface area contributed by atoms with Crippen LogP contribution in [0.3, 0.4) is 0 Å². The molecule has 0 aliphatic heterocycles. The van der Waals surface area contributed by atoms with E-state index in [0.29, 0.717) is 0 Å². The van der Waals surface area contributed by atoms with Gasteiger partial charge in [0.1, 0.15) is 0 Å². The first kappa shape index (κ1) is 15.5. The fourth-order valence-electron chi connectivity index (χ4n) is 0.899. The van der Waals surface area contributed by atoms with Crippen molar-refractivity contribution in [3.63, 3.8) is 0 Å². The van der Waals surface area contributed by atoms with Crippen LogP contribution < -0.4 is 10.6 Å². The molecule has 0 spiro atoms. The highest BCUT2D eigenvalue weighted by Crippen LogP contribution is 2.17. The minimum Gasteiger partial charge on any atom is -0.480 e. The highest BCUT2D eigenvalue weighted by atomic mass is 19.4. The summed E-state index contributed by atoms with van der Waals surface area (Å²) in [7, 11) is 0. The Morgan fingerprint density at radius 2 is 1.88 bits per heavy atom. The van der Waals surface area contributed by atoms with Crippen LogP contribution in [0.4, 0.5) is 18.0 Å². The highest BCUT2D eigenvalue weighted by Gasteiger charge is 2.28. The van der Waals surface area contributed by atoms with Crippen LogP contribution in [0.15, 0.2) is 0 Å². The van der Waals surface area contributed by atoms with Gasteiger partial charge in [-0.25, -0.2) is 9.59 Å². The Morgan fingerprint density at radius 3 is 2.24 bits per heavy atom. The Balaban J connectivity index is 4.04. The summed E-state index contributed by atoms with van der Waals surface area (Å²) in [6, 6.07) is -2.65. The molecule has 9 heteroatoms. The third-order valence-corrected chi connectivity index (χ3v) is 1.73. The van der Waals surface area contributed by atoms with Gasteiger partial charge >= 0.3 is 18.2 Å². The summed E-state index contributed by atoms with van der Waals surface area (Å²) in [5.41, 5.74) is 0. The first-order chi connectivity index (χ1) is 7.63. The molecule has 0 fully saturated rings. The van der Waals surface area contributed by atoms with Gasteiger partial charge in [0, 0.05) is 6.54 Å². The molecule has 4 N–H and O–H groups in total. The SMILES string of the molecule is CC(O)C(NC(=O)NCCC(F)(F)F)C(=O)O. The lowest BCUT2D eigenvalue weighted by Gasteiger charge is -2.17. The molecule has 0 aliphatic rings. The van der Waals surface area contributed by atoms with Crippen molar-refractivity contribution in [2.75, 3.05) is 6.54 Å². The predicted octanol–water partition coefficient (Wildman–Crippen LogP) is 0.0720. The number of rotatable bonds is 5. The highest BCUT2D eigenvalue weighted by molar-refractivity contribution is 5.82. The minimum absolute atomic E-state index is 0.665. The number of carbonyl (C=O) groups is 2.